The maximum Gasteiger partial charge on any atom is 0.269 e. The van der Waals surface area contributed by atoms with Gasteiger partial charge in [0.1, 0.15) is 6.54 Å². The number of nitro groups is 1. The van der Waals surface area contributed by atoms with Gasteiger partial charge in [-0.25, -0.2) is 8.42 Å². The molecular weight excluding hydrogens is 466 g/mol. The summed E-state index contributed by atoms with van der Waals surface area (Å²) in [6.45, 7) is -0.518. The van der Waals surface area contributed by atoms with Crippen LogP contribution in [0.3, 0.4) is 0 Å². The summed E-state index contributed by atoms with van der Waals surface area (Å²) in [6, 6.07) is 29.6. The largest absolute Gasteiger partial charge is 0.325 e. The lowest BCUT2D eigenvalue weighted by molar-refractivity contribution is -0.384. The maximum atomic E-state index is 13.4. The van der Waals surface area contributed by atoms with Gasteiger partial charge in [-0.3, -0.25) is 19.2 Å². The molecule has 0 radical (unpaired) electrons. The van der Waals surface area contributed by atoms with Crippen molar-refractivity contribution in [3.63, 3.8) is 0 Å². The molecular formula is C26H21N3O5S. The molecule has 0 saturated heterocycles. The molecule has 0 unspecified atom stereocenters. The monoisotopic (exact) mass is 487 g/mol. The Morgan fingerprint density at radius 1 is 0.771 bits per heavy atom. The maximum absolute atomic E-state index is 13.4. The van der Waals surface area contributed by atoms with E-state index in [0.29, 0.717) is 5.69 Å². The summed E-state index contributed by atoms with van der Waals surface area (Å²) >= 11 is 0. The third kappa shape index (κ3) is 5.53. The smallest absolute Gasteiger partial charge is 0.269 e. The van der Waals surface area contributed by atoms with Crippen molar-refractivity contribution in [3.8, 4) is 11.1 Å². The molecule has 35 heavy (non-hydrogen) atoms. The Balaban J connectivity index is 1.58. The Labute approximate surface area is 202 Å². The number of hydrogen-bond acceptors (Lipinski definition) is 5. The van der Waals surface area contributed by atoms with Crippen LogP contribution in [-0.2, 0) is 14.8 Å². The van der Waals surface area contributed by atoms with Crippen LogP contribution in [0.2, 0.25) is 0 Å². The zero-order valence-electron chi connectivity index (χ0n) is 18.4. The molecule has 0 fully saturated rings. The van der Waals surface area contributed by atoms with E-state index < -0.39 is 27.4 Å². The number of amides is 1. The van der Waals surface area contributed by atoms with Crippen LogP contribution >= 0.6 is 0 Å². The summed E-state index contributed by atoms with van der Waals surface area (Å²) in [5.74, 6) is -0.560. The molecule has 4 aromatic rings. The molecule has 0 bridgehead atoms. The van der Waals surface area contributed by atoms with Gasteiger partial charge in [-0.1, -0.05) is 60.7 Å². The van der Waals surface area contributed by atoms with Crippen LogP contribution in [0.1, 0.15) is 0 Å². The highest BCUT2D eigenvalue weighted by Gasteiger charge is 2.27. The minimum atomic E-state index is -4.11. The number of hydrogen-bond donors (Lipinski definition) is 1. The summed E-state index contributed by atoms with van der Waals surface area (Å²) in [4.78, 5) is 23.3. The third-order valence-corrected chi connectivity index (χ3v) is 7.03. The lowest BCUT2D eigenvalue weighted by atomic mass is 10.1. The van der Waals surface area contributed by atoms with Crippen LogP contribution in [0.5, 0.6) is 0 Å². The Hall–Kier alpha value is -4.50. The number of nitrogens with zero attached hydrogens (tertiary/aromatic N) is 2. The van der Waals surface area contributed by atoms with Crippen LogP contribution < -0.4 is 9.62 Å². The van der Waals surface area contributed by atoms with E-state index in [1.165, 1.54) is 36.4 Å². The van der Waals surface area contributed by atoms with Crippen molar-refractivity contribution in [3.05, 3.63) is 119 Å². The first-order chi connectivity index (χ1) is 16.8. The molecule has 0 aliphatic carbocycles. The summed E-state index contributed by atoms with van der Waals surface area (Å²) in [5.41, 5.74) is 2.46. The van der Waals surface area contributed by atoms with E-state index in [0.717, 1.165) is 15.4 Å². The number of carbonyl (C=O) groups is 1. The Bertz CT molecular complexity index is 1420. The molecule has 1 N–H and O–H groups in total. The number of nitrogens with one attached hydrogen (secondary N) is 1. The molecule has 176 valence electrons. The van der Waals surface area contributed by atoms with Crippen molar-refractivity contribution in [2.45, 2.75) is 4.90 Å². The number of carbonyl (C=O) groups excluding carboxylic acids is 1. The molecule has 9 heteroatoms. The number of sulfonamides is 1. The van der Waals surface area contributed by atoms with E-state index in [1.807, 2.05) is 42.5 Å². The first kappa shape index (κ1) is 23.7. The first-order valence-electron chi connectivity index (χ1n) is 10.6. The molecule has 0 heterocycles. The van der Waals surface area contributed by atoms with E-state index >= 15 is 0 Å². The predicted octanol–water partition coefficient (Wildman–Crippen LogP) is 5.10. The average Bonchev–Trinajstić information content (AvgIpc) is 2.89. The number of benzene rings is 4. The predicted molar refractivity (Wildman–Crippen MR) is 135 cm³/mol. The zero-order chi connectivity index (χ0) is 24.8. The quantitative estimate of drug-likeness (QED) is 0.275. The van der Waals surface area contributed by atoms with Gasteiger partial charge in [-0.05, 0) is 47.5 Å². The summed E-state index contributed by atoms with van der Waals surface area (Å²) in [7, 11) is -4.11. The summed E-state index contributed by atoms with van der Waals surface area (Å²) in [5, 5.41) is 13.7. The van der Waals surface area contributed by atoms with Crippen molar-refractivity contribution < 1.29 is 18.1 Å². The van der Waals surface area contributed by atoms with E-state index in [4.69, 9.17) is 0 Å². The molecule has 1 amide bonds. The number of non-ortho nitro benzene ring substituents is 1. The van der Waals surface area contributed by atoms with E-state index in [1.54, 1.807) is 30.3 Å². The fourth-order valence-corrected chi connectivity index (χ4v) is 4.92. The van der Waals surface area contributed by atoms with Gasteiger partial charge in [0, 0.05) is 17.8 Å². The van der Waals surface area contributed by atoms with Crippen molar-refractivity contribution in [1.82, 2.24) is 0 Å². The first-order valence-corrected chi connectivity index (χ1v) is 12.1. The summed E-state index contributed by atoms with van der Waals surface area (Å²) < 4.78 is 27.6. The lowest BCUT2D eigenvalue weighted by Crippen LogP contribution is -2.38. The van der Waals surface area contributed by atoms with Crippen LogP contribution in [-0.4, -0.2) is 25.8 Å². The molecule has 0 aliphatic rings. The SMILES string of the molecule is O=C(CN(c1ccc([N+](=O)[O-])cc1)S(=O)(=O)c1ccccc1)Nc1ccc(-c2ccccc2)cc1. The molecule has 0 atom stereocenters. The van der Waals surface area contributed by atoms with Gasteiger partial charge < -0.3 is 5.32 Å². The average molecular weight is 488 g/mol. The second-order valence-corrected chi connectivity index (χ2v) is 9.45. The number of anilines is 2. The molecule has 4 rings (SSSR count). The highest BCUT2D eigenvalue weighted by molar-refractivity contribution is 7.92. The molecule has 0 saturated carbocycles. The normalized spacial score (nSPS) is 11.0. The van der Waals surface area contributed by atoms with Crippen LogP contribution in [0.25, 0.3) is 11.1 Å². The lowest BCUT2D eigenvalue weighted by Gasteiger charge is -2.24. The fraction of sp³-hybridized carbons (Fsp3) is 0.0385. The van der Waals surface area contributed by atoms with E-state index in [2.05, 4.69) is 5.32 Å². The Kier molecular flexibility index (Phi) is 6.88. The van der Waals surface area contributed by atoms with E-state index in [9.17, 15) is 23.3 Å². The van der Waals surface area contributed by atoms with Gasteiger partial charge in [0.2, 0.25) is 5.91 Å². The van der Waals surface area contributed by atoms with E-state index in [-0.39, 0.29) is 16.3 Å². The van der Waals surface area contributed by atoms with Gasteiger partial charge in [0.15, 0.2) is 0 Å². The van der Waals surface area contributed by atoms with Crippen LogP contribution in [0.15, 0.2) is 114 Å². The second-order valence-electron chi connectivity index (χ2n) is 7.59. The van der Waals surface area contributed by atoms with Gasteiger partial charge in [-0.2, -0.15) is 0 Å². The highest BCUT2D eigenvalue weighted by Crippen LogP contribution is 2.26. The van der Waals surface area contributed by atoms with Crippen molar-refractivity contribution >= 4 is 33.0 Å². The van der Waals surface area contributed by atoms with Crippen LogP contribution in [0.4, 0.5) is 17.1 Å². The fourth-order valence-electron chi connectivity index (χ4n) is 3.48. The molecule has 0 spiro atoms. The topological polar surface area (TPSA) is 110 Å². The minimum absolute atomic E-state index is 0.00151. The third-order valence-electron chi connectivity index (χ3n) is 5.24. The standard InChI is InChI=1S/C26H21N3O5S/c30-26(27-22-13-11-21(12-14-22)20-7-3-1-4-8-20)19-28(23-15-17-24(18-16-23)29(31)32)35(33,34)25-9-5-2-6-10-25/h1-18H,19H2,(H,27,30). The minimum Gasteiger partial charge on any atom is -0.325 e. The zero-order valence-corrected chi connectivity index (χ0v) is 19.3. The van der Waals surface area contributed by atoms with Crippen molar-refractivity contribution in [1.29, 1.82) is 0 Å². The molecule has 4 aromatic carbocycles. The van der Waals surface area contributed by atoms with Crippen molar-refractivity contribution in [2.75, 3.05) is 16.2 Å². The number of rotatable bonds is 8. The Morgan fingerprint density at radius 3 is 1.89 bits per heavy atom. The van der Waals surface area contributed by atoms with Gasteiger partial charge in [0.05, 0.1) is 15.5 Å². The van der Waals surface area contributed by atoms with Gasteiger partial charge >= 0.3 is 0 Å². The van der Waals surface area contributed by atoms with Crippen LogP contribution in [0, 0.1) is 10.1 Å². The Morgan fingerprint density at radius 2 is 1.31 bits per heavy atom. The molecule has 0 aromatic heterocycles. The van der Waals surface area contributed by atoms with Gasteiger partial charge in [0.25, 0.3) is 15.7 Å². The summed E-state index contributed by atoms with van der Waals surface area (Å²) in [6.07, 6.45) is 0. The van der Waals surface area contributed by atoms with Gasteiger partial charge in [-0.15, -0.1) is 0 Å². The molecule has 0 aliphatic heterocycles. The number of nitro benzene ring substituents is 1. The van der Waals surface area contributed by atoms with Crippen molar-refractivity contribution in [2.24, 2.45) is 0 Å². The molecule has 8 nitrogen and oxygen atoms in total. The highest BCUT2D eigenvalue weighted by atomic mass is 32.2. The second kappa shape index (κ2) is 10.2.